The second-order valence-electron chi connectivity index (χ2n) is 5.62. The van der Waals surface area contributed by atoms with Crippen molar-refractivity contribution in [2.24, 2.45) is 5.92 Å². The molecule has 0 aromatic carbocycles. The number of carbonyl (C=O) groups is 2. The lowest BCUT2D eigenvalue weighted by atomic mass is 9.99. The Morgan fingerprint density at radius 2 is 1.94 bits per heavy atom. The van der Waals surface area contributed by atoms with Gasteiger partial charge in [-0.3, -0.25) is 0 Å². The van der Waals surface area contributed by atoms with Crippen LogP contribution < -0.4 is 5.32 Å². The van der Waals surface area contributed by atoms with Gasteiger partial charge in [0.05, 0.1) is 0 Å². The van der Waals surface area contributed by atoms with Crippen LogP contribution >= 0.6 is 0 Å². The number of rotatable bonds is 3. The number of nitrogens with zero attached hydrogens (tertiary/aromatic N) is 1. The summed E-state index contributed by atoms with van der Waals surface area (Å²) in [5.41, 5.74) is -0.220. The fourth-order valence-corrected chi connectivity index (χ4v) is 2.52. The molecule has 1 heterocycles. The van der Waals surface area contributed by atoms with Crippen molar-refractivity contribution in [1.29, 1.82) is 0 Å². The van der Waals surface area contributed by atoms with Gasteiger partial charge in [-0.05, 0) is 45.4 Å². The smallest absolute Gasteiger partial charge is 0.326 e. The van der Waals surface area contributed by atoms with Gasteiger partial charge in [-0.1, -0.05) is 0 Å². The Bertz CT molecular complexity index is 337. The summed E-state index contributed by atoms with van der Waals surface area (Å²) in [7, 11) is 0. The lowest BCUT2D eigenvalue weighted by Gasteiger charge is -2.30. The van der Waals surface area contributed by atoms with Crippen LogP contribution in [0.3, 0.4) is 0 Å². The minimum absolute atomic E-state index is 0.220. The van der Waals surface area contributed by atoms with E-state index in [2.05, 4.69) is 5.32 Å². The van der Waals surface area contributed by atoms with Crippen molar-refractivity contribution in [1.82, 2.24) is 10.2 Å². The SMILES string of the molecule is CC(C)(NC(=O)N1CCC[C@H]1C(=O)O)C1CC1. The molecule has 2 N–H and O–H groups in total. The zero-order valence-corrected chi connectivity index (χ0v) is 10.4. The minimum atomic E-state index is -0.901. The number of carbonyl (C=O) groups excluding carboxylic acids is 1. The molecule has 2 amide bonds. The summed E-state index contributed by atoms with van der Waals surface area (Å²) in [5, 5.41) is 12.0. The predicted octanol–water partition coefficient (Wildman–Crippen LogP) is 1.43. The normalized spacial score (nSPS) is 24.8. The zero-order valence-electron chi connectivity index (χ0n) is 10.4. The third kappa shape index (κ3) is 2.53. The monoisotopic (exact) mass is 240 g/mol. The molecule has 17 heavy (non-hydrogen) atoms. The molecule has 0 unspecified atom stereocenters. The molecular weight excluding hydrogens is 220 g/mol. The number of carboxylic acid groups (broad SMARTS) is 1. The van der Waals surface area contributed by atoms with E-state index in [-0.39, 0.29) is 11.6 Å². The van der Waals surface area contributed by atoms with Crippen molar-refractivity contribution in [3.8, 4) is 0 Å². The summed E-state index contributed by atoms with van der Waals surface area (Å²) in [5.74, 6) is -0.362. The zero-order chi connectivity index (χ0) is 12.6. The van der Waals surface area contributed by atoms with Crippen LogP contribution in [0.1, 0.15) is 39.5 Å². The van der Waals surface area contributed by atoms with E-state index in [1.54, 1.807) is 0 Å². The molecule has 2 rings (SSSR count). The highest BCUT2D eigenvalue weighted by Gasteiger charge is 2.41. The number of likely N-dealkylation sites (tertiary alicyclic amines) is 1. The summed E-state index contributed by atoms with van der Waals surface area (Å²) >= 11 is 0. The molecule has 1 saturated heterocycles. The number of hydrogen-bond donors (Lipinski definition) is 2. The van der Waals surface area contributed by atoms with Crippen molar-refractivity contribution in [2.45, 2.75) is 51.1 Å². The maximum absolute atomic E-state index is 12.1. The largest absolute Gasteiger partial charge is 0.480 e. The van der Waals surface area contributed by atoms with Crippen LogP contribution in [0.4, 0.5) is 4.79 Å². The van der Waals surface area contributed by atoms with Gasteiger partial charge in [0, 0.05) is 12.1 Å². The van der Waals surface area contributed by atoms with Crippen LogP contribution in [-0.2, 0) is 4.79 Å². The summed E-state index contributed by atoms with van der Waals surface area (Å²) in [6, 6.07) is -0.878. The van der Waals surface area contributed by atoms with Crippen LogP contribution in [0.2, 0.25) is 0 Å². The molecule has 1 aliphatic heterocycles. The fraction of sp³-hybridized carbons (Fsp3) is 0.833. The minimum Gasteiger partial charge on any atom is -0.480 e. The van der Waals surface area contributed by atoms with Gasteiger partial charge in [-0.2, -0.15) is 0 Å². The van der Waals surface area contributed by atoms with Crippen molar-refractivity contribution in [3.63, 3.8) is 0 Å². The quantitative estimate of drug-likeness (QED) is 0.784. The van der Waals surface area contributed by atoms with Gasteiger partial charge >= 0.3 is 12.0 Å². The maximum atomic E-state index is 12.1. The molecule has 1 saturated carbocycles. The van der Waals surface area contributed by atoms with E-state index in [1.165, 1.54) is 4.90 Å². The molecule has 0 radical (unpaired) electrons. The van der Waals surface area contributed by atoms with Crippen LogP contribution in [-0.4, -0.2) is 40.1 Å². The number of hydrogen-bond acceptors (Lipinski definition) is 2. The molecule has 1 aliphatic carbocycles. The molecule has 96 valence electrons. The molecular formula is C12H20N2O3. The molecule has 2 aliphatic rings. The predicted molar refractivity (Wildman–Crippen MR) is 62.7 cm³/mol. The third-order valence-electron chi connectivity index (χ3n) is 3.83. The summed E-state index contributed by atoms with van der Waals surface area (Å²) in [6.45, 7) is 4.56. The Labute approximate surface area is 101 Å². The number of aliphatic carboxylic acids is 1. The van der Waals surface area contributed by atoms with E-state index in [0.29, 0.717) is 18.9 Å². The van der Waals surface area contributed by atoms with Crippen LogP contribution in [0.15, 0.2) is 0 Å². The first-order chi connectivity index (χ1) is 7.92. The van der Waals surface area contributed by atoms with Crippen LogP contribution in [0.5, 0.6) is 0 Å². The number of carboxylic acids is 1. The average molecular weight is 240 g/mol. The Kier molecular flexibility index (Phi) is 3.02. The highest BCUT2D eigenvalue weighted by Crippen LogP contribution is 2.39. The lowest BCUT2D eigenvalue weighted by molar-refractivity contribution is -0.141. The van der Waals surface area contributed by atoms with Crippen molar-refractivity contribution >= 4 is 12.0 Å². The molecule has 2 fully saturated rings. The Morgan fingerprint density at radius 3 is 2.47 bits per heavy atom. The first kappa shape index (κ1) is 12.2. The topological polar surface area (TPSA) is 69.6 Å². The Hall–Kier alpha value is -1.26. The van der Waals surface area contributed by atoms with E-state index < -0.39 is 12.0 Å². The molecule has 0 spiro atoms. The highest BCUT2D eigenvalue weighted by atomic mass is 16.4. The molecule has 1 atom stereocenters. The number of amides is 2. The average Bonchev–Trinajstić information content (AvgIpc) is 2.95. The number of urea groups is 1. The standard InChI is InChI=1S/C12H20N2O3/c1-12(2,8-5-6-8)13-11(17)14-7-3-4-9(14)10(15)16/h8-9H,3-7H2,1-2H3,(H,13,17)(H,15,16)/t9-/m0/s1. The first-order valence-corrected chi connectivity index (χ1v) is 6.23. The van der Waals surface area contributed by atoms with Gasteiger partial charge in [0.2, 0.25) is 0 Å². The Morgan fingerprint density at radius 1 is 1.29 bits per heavy atom. The summed E-state index contributed by atoms with van der Waals surface area (Å²) in [6.07, 6.45) is 3.63. The number of nitrogens with one attached hydrogen (secondary N) is 1. The van der Waals surface area contributed by atoms with E-state index >= 15 is 0 Å². The van der Waals surface area contributed by atoms with Gasteiger partial charge in [0.15, 0.2) is 0 Å². The molecule has 5 heteroatoms. The summed E-state index contributed by atoms with van der Waals surface area (Å²) < 4.78 is 0. The fourth-order valence-electron chi connectivity index (χ4n) is 2.52. The van der Waals surface area contributed by atoms with E-state index in [1.807, 2.05) is 13.8 Å². The van der Waals surface area contributed by atoms with Crippen molar-refractivity contribution in [2.75, 3.05) is 6.54 Å². The summed E-state index contributed by atoms with van der Waals surface area (Å²) in [4.78, 5) is 24.5. The lowest BCUT2D eigenvalue weighted by Crippen LogP contribution is -2.53. The van der Waals surface area contributed by atoms with Crippen molar-refractivity contribution in [3.05, 3.63) is 0 Å². The second-order valence-corrected chi connectivity index (χ2v) is 5.62. The molecule has 5 nitrogen and oxygen atoms in total. The molecule has 0 aromatic heterocycles. The highest BCUT2D eigenvalue weighted by molar-refractivity contribution is 5.83. The van der Waals surface area contributed by atoms with Gasteiger partial charge in [-0.15, -0.1) is 0 Å². The maximum Gasteiger partial charge on any atom is 0.326 e. The molecule has 0 bridgehead atoms. The third-order valence-corrected chi connectivity index (χ3v) is 3.83. The van der Waals surface area contributed by atoms with Gasteiger partial charge in [0.25, 0.3) is 0 Å². The van der Waals surface area contributed by atoms with Crippen LogP contribution in [0, 0.1) is 5.92 Å². The van der Waals surface area contributed by atoms with Crippen LogP contribution in [0.25, 0.3) is 0 Å². The van der Waals surface area contributed by atoms with Gasteiger partial charge < -0.3 is 15.3 Å². The molecule has 0 aromatic rings. The van der Waals surface area contributed by atoms with E-state index in [4.69, 9.17) is 5.11 Å². The van der Waals surface area contributed by atoms with E-state index in [0.717, 1.165) is 19.3 Å². The second kappa shape index (κ2) is 4.20. The van der Waals surface area contributed by atoms with E-state index in [9.17, 15) is 9.59 Å². The van der Waals surface area contributed by atoms with Gasteiger partial charge in [0.1, 0.15) is 6.04 Å². The van der Waals surface area contributed by atoms with Gasteiger partial charge in [-0.25, -0.2) is 9.59 Å². The van der Waals surface area contributed by atoms with Crippen molar-refractivity contribution < 1.29 is 14.7 Å². The Balaban J connectivity index is 1.97. The first-order valence-electron chi connectivity index (χ1n) is 6.23.